The van der Waals surface area contributed by atoms with Crippen LogP contribution in [-0.2, 0) is 14.8 Å². The van der Waals surface area contributed by atoms with Gasteiger partial charge in [0.05, 0.1) is 30.8 Å². The SMILES string of the molecule is COc1cc(NS(=O)(=O)c2ccc(NC(C)=O)cc2)c(C(=O)[O-])cc1OC. The maximum absolute atomic E-state index is 12.6. The second-order valence-electron chi connectivity index (χ2n) is 5.35. The number of hydrogen-bond donors (Lipinski definition) is 2. The maximum atomic E-state index is 12.6. The number of nitrogens with one attached hydrogen (secondary N) is 2. The summed E-state index contributed by atoms with van der Waals surface area (Å²) in [6, 6.07) is 7.65. The standard InChI is InChI=1S/C17H18N2O7S/c1-10(20)18-11-4-6-12(7-5-11)27(23,24)19-14-9-16(26-3)15(25-2)8-13(14)17(21)22/h4-9,19H,1-3H3,(H,18,20)(H,21,22)/p-1. The van der Waals surface area contributed by atoms with Crippen LogP contribution in [0.15, 0.2) is 41.3 Å². The summed E-state index contributed by atoms with van der Waals surface area (Å²) in [6.07, 6.45) is 0. The van der Waals surface area contributed by atoms with Gasteiger partial charge in [-0.05, 0) is 30.3 Å². The summed E-state index contributed by atoms with van der Waals surface area (Å²) in [5.41, 5.74) is -0.229. The van der Waals surface area contributed by atoms with Crippen LogP contribution in [0.5, 0.6) is 11.5 Å². The number of sulfonamides is 1. The summed E-state index contributed by atoms with van der Waals surface area (Å²) in [5.74, 6) is -1.64. The maximum Gasteiger partial charge on any atom is 0.261 e. The zero-order valence-corrected chi connectivity index (χ0v) is 15.5. The van der Waals surface area contributed by atoms with Crippen LogP contribution in [0.3, 0.4) is 0 Å². The number of amides is 1. The highest BCUT2D eigenvalue weighted by Gasteiger charge is 2.19. The molecule has 2 N–H and O–H groups in total. The smallest absolute Gasteiger partial charge is 0.261 e. The van der Waals surface area contributed by atoms with Crippen LogP contribution < -0.4 is 24.6 Å². The first kappa shape index (κ1) is 20.0. The summed E-state index contributed by atoms with van der Waals surface area (Å²) in [4.78, 5) is 22.3. The molecule has 0 aliphatic rings. The molecule has 0 atom stereocenters. The van der Waals surface area contributed by atoms with Crippen LogP contribution >= 0.6 is 0 Å². The summed E-state index contributed by atoms with van der Waals surface area (Å²) >= 11 is 0. The monoisotopic (exact) mass is 393 g/mol. The quantitative estimate of drug-likeness (QED) is 0.711. The number of carbonyl (C=O) groups is 2. The van der Waals surface area contributed by atoms with Crippen LogP contribution in [0.2, 0.25) is 0 Å². The average molecular weight is 393 g/mol. The Hall–Kier alpha value is -3.27. The van der Waals surface area contributed by atoms with E-state index in [4.69, 9.17) is 9.47 Å². The number of carbonyl (C=O) groups excluding carboxylic acids is 2. The average Bonchev–Trinajstić information content (AvgIpc) is 2.60. The summed E-state index contributed by atoms with van der Waals surface area (Å²) in [5, 5.41) is 13.9. The number of carboxylic acids is 1. The number of methoxy groups -OCH3 is 2. The predicted molar refractivity (Wildman–Crippen MR) is 95.4 cm³/mol. The number of benzene rings is 2. The number of anilines is 2. The third-order valence-corrected chi connectivity index (χ3v) is 4.85. The van der Waals surface area contributed by atoms with Gasteiger partial charge in [0.25, 0.3) is 10.0 Å². The number of hydrogen-bond acceptors (Lipinski definition) is 7. The molecule has 0 saturated heterocycles. The van der Waals surface area contributed by atoms with E-state index in [0.29, 0.717) is 5.69 Å². The molecule has 1 amide bonds. The number of aromatic carboxylic acids is 1. The molecular weight excluding hydrogens is 376 g/mol. The number of ether oxygens (including phenoxy) is 2. The van der Waals surface area contributed by atoms with Gasteiger partial charge in [-0.25, -0.2) is 8.42 Å². The second-order valence-corrected chi connectivity index (χ2v) is 7.03. The molecule has 0 aliphatic carbocycles. The van der Waals surface area contributed by atoms with Crippen molar-refractivity contribution in [1.82, 2.24) is 0 Å². The van der Waals surface area contributed by atoms with Crippen LogP contribution in [0.4, 0.5) is 11.4 Å². The Morgan fingerprint density at radius 3 is 2.04 bits per heavy atom. The van der Waals surface area contributed by atoms with Crippen molar-refractivity contribution >= 4 is 33.3 Å². The van der Waals surface area contributed by atoms with Crippen molar-refractivity contribution in [2.45, 2.75) is 11.8 Å². The molecule has 0 radical (unpaired) electrons. The first-order chi connectivity index (χ1) is 12.7. The van der Waals surface area contributed by atoms with Crippen molar-refractivity contribution in [1.29, 1.82) is 0 Å². The fourth-order valence-corrected chi connectivity index (χ4v) is 3.33. The van der Waals surface area contributed by atoms with Gasteiger partial charge >= 0.3 is 0 Å². The molecule has 0 saturated carbocycles. The van der Waals surface area contributed by atoms with Gasteiger partial charge in [-0.3, -0.25) is 9.52 Å². The van der Waals surface area contributed by atoms with Gasteiger partial charge < -0.3 is 24.7 Å². The normalized spacial score (nSPS) is 10.8. The van der Waals surface area contributed by atoms with E-state index < -0.39 is 21.6 Å². The summed E-state index contributed by atoms with van der Waals surface area (Å²) in [6.45, 7) is 1.32. The summed E-state index contributed by atoms with van der Waals surface area (Å²) < 4.78 is 37.4. The van der Waals surface area contributed by atoms with Crippen LogP contribution in [0.25, 0.3) is 0 Å². The molecule has 27 heavy (non-hydrogen) atoms. The number of rotatable bonds is 7. The fourth-order valence-electron chi connectivity index (χ4n) is 2.26. The molecule has 144 valence electrons. The topological polar surface area (TPSA) is 134 Å². The molecule has 2 rings (SSSR count). The van der Waals surface area contributed by atoms with E-state index in [-0.39, 0.29) is 28.0 Å². The van der Waals surface area contributed by atoms with Crippen molar-refractivity contribution in [3.63, 3.8) is 0 Å². The molecular formula is C17H17N2O7S-. The molecule has 0 aromatic heterocycles. The largest absolute Gasteiger partial charge is 0.545 e. The van der Waals surface area contributed by atoms with E-state index in [0.717, 1.165) is 6.07 Å². The van der Waals surface area contributed by atoms with E-state index >= 15 is 0 Å². The lowest BCUT2D eigenvalue weighted by molar-refractivity contribution is -0.254. The molecule has 2 aromatic rings. The highest BCUT2D eigenvalue weighted by Crippen LogP contribution is 2.34. The molecule has 9 nitrogen and oxygen atoms in total. The van der Waals surface area contributed by atoms with Crippen molar-refractivity contribution in [3.8, 4) is 11.5 Å². The Bertz CT molecular complexity index is 970. The summed E-state index contributed by atoms with van der Waals surface area (Å²) in [7, 11) is -1.46. The van der Waals surface area contributed by atoms with E-state index in [1.54, 1.807) is 0 Å². The van der Waals surface area contributed by atoms with E-state index in [9.17, 15) is 23.1 Å². The minimum Gasteiger partial charge on any atom is -0.545 e. The van der Waals surface area contributed by atoms with Gasteiger partial charge in [-0.2, -0.15) is 0 Å². The highest BCUT2D eigenvalue weighted by molar-refractivity contribution is 7.92. The number of carboxylic acid groups (broad SMARTS) is 1. The molecule has 0 heterocycles. The highest BCUT2D eigenvalue weighted by atomic mass is 32.2. The van der Waals surface area contributed by atoms with Gasteiger partial charge in [0.15, 0.2) is 11.5 Å². The van der Waals surface area contributed by atoms with E-state index in [1.165, 1.54) is 51.5 Å². The zero-order valence-electron chi connectivity index (χ0n) is 14.7. The Kier molecular flexibility index (Phi) is 5.91. The zero-order chi connectivity index (χ0) is 20.2. The molecule has 0 bridgehead atoms. The second kappa shape index (κ2) is 7.96. The van der Waals surface area contributed by atoms with Crippen molar-refractivity contribution in [2.24, 2.45) is 0 Å². The van der Waals surface area contributed by atoms with Gasteiger partial charge in [0.2, 0.25) is 5.91 Å². The van der Waals surface area contributed by atoms with Crippen LogP contribution in [0.1, 0.15) is 17.3 Å². The lowest BCUT2D eigenvalue weighted by Gasteiger charge is -2.17. The molecule has 10 heteroatoms. The Morgan fingerprint density at radius 1 is 1.00 bits per heavy atom. The third-order valence-electron chi connectivity index (χ3n) is 3.47. The van der Waals surface area contributed by atoms with Gasteiger partial charge in [-0.15, -0.1) is 0 Å². The van der Waals surface area contributed by atoms with Crippen molar-refractivity contribution < 1.29 is 32.6 Å². The minimum absolute atomic E-state index is 0.110. The van der Waals surface area contributed by atoms with E-state index in [1.807, 2.05) is 0 Å². The lowest BCUT2D eigenvalue weighted by atomic mass is 10.1. The van der Waals surface area contributed by atoms with E-state index in [2.05, 4.69) is 10.0 Å². The van der Waals surface area contributed by atoms with Crippen molar-refractivity contribution in [2.75, 3.05) is 24.3 Å². The molecule has 0 aliphatic heterocycles. The third kappa shape index (κ3) is 4.67. The molecule has 0 spiro atoms. The first-order valence-corrected chi connectivity index (χ1v) is 9.04. The van der Waals surface area contributed by atoms with Crippen molar-refractivity contribution in [3.05, 3.63) is 42.0 Å². The molecule has 2 aromatic carbocycles. The predicted octanol–water partition coefficient (Wildman–Crippen LogP) is 0.826. The molecule has 0 unspecified atom stereocenters. The lowest BCUT2D eigenvalue weighted by Crippen LogP contribution is -2.25. The van der Waals surface area contributed by atoms with Crippen LogP contribution in [0, 0.1) is 0 Å². The Balaban J connectivity index is 2.42. The Labute approximate surface area is 156 Å². The van der Waals surface area contributed by atoms with Gasteiger partial charge in [0.1, 0.15) is 0 Å². The van der Waals surface area contributed by atoms with Gasteiger partial charge in [0, 0.05) is 24.2 Å². The first-order valence-electron chi connectivity index (χ1n) is 7.55. The van der Waals surface area contributed by atoms with Crippen LogP contribution in [-0.4, -0.2) is 34.5 Å². The fraction of sp³-hybridized carbons (Fsp3) is 0.176. The van der Waals surface area contributed by atoms with Gasteiger partial charge in [-0.1, -0.05) is 0 Å². The molecule has 0 fully saturated rings. The minimum atomic E-state index is -4.11. The Morgan fingerprint density at radius 2 is 1.56 bits per heavy atom.